The second-order valence-electron chi connectivity index (χ2n) is 32.6. The van der Waals surface area contributed by atoms with Gasteiger partial charge in [0.05, 0.1) is 105 Å². The number of esters is 13. The largest absolute Gasteiger partial charge is 0.464 e. The van der Waals surface area contributed by atoms with Crippen LogP contribution < -0.4 is 0 Å². The van der Waals surface area contributed by atoms with Gasteiger partial charge in [0.15, 0.2) is 0 Å². The maximum absolute atomic E-state index is 15.4. The lowest BCUT2D eigenvalue weighted by molar-refractivity contribution is -0.191. The maximum atomic E-state index is 15.4. The van der Waals surface area contributed by atoms with Crippen LogP contribution in [0.15, 0.2) is 42.5 Å². The number of aliphatic hydroxyl groups is 15. The van der Waals surface area contributed by atoms with Gasteiger partial charge in [-0.15, -0.1) is 0 Å². The van der Waals surface area contributed by atoms with Crippen molar-refractivity contribution in [3.63, 3.8) is 0 Å². The number of carbonyl (C=O) groups excluding carboxylic acids is 13. The fraction of sp³-hybridized carbons (Fsp3) is 0.697. The van der Waals surface area contributed by atoms with Crippen molar-refractivity contribution in [1.29, 1.82) is 0 Å². The number of aliphatic hydroxyl groups excluding tert-OH is 15. The van der Waals surface area contributed by atoms with E-state index in [2.05, 4.69) is 0 Å². The summed E-state index contributed by atoms with van der Waals surface area (Å²) in [6, 6.07) is 11.3. The number of hydrogen-bond donors (Lipinski definition) is 15. The Hall–Kier alpha value is -8.79. The topological polar surface area (TPSA) is 645 Å². The molecule has 664 valence electrons. The molecule has 41 heteroatoms. The van der Waals surface area contributed by atoms with Crippen LogP contribution in [0.1, 0.15) is 93.4 Å². The van der Waals surface area contributed by atoms with Crippen LogP contribution in [-0.2, 0) is 119 Å². The number of rotatable bonds is 54. The molecule has 0 aliphatic heterocycles. The number of benzene rings is 2. The van der Waals surface area contributed by atoms with Crippen molar-refractivity contribution in [2.24, 2.45) is 70.4 Å². The summed E-state index contributed by atoms with van der Waals surface area (Å²) in [6.45, 7) is -22.4. The summed E-state index contributed by atoms with van der Waals surface area (Å²) in [5, 5.41) is 154. The molecule has 2 unspecified atom stereocenters. The minimum absolute atomic E-state index is 0.0240. The van der Waals surface area contributed by atoms with E-state index in [-0.39, 0.29) is 5.56 Å². The van der Waals surface area contributed by atoms with E-state index in [0.717, 1.165) is 83.1 Å². The van der Waals surface area contributed by atoms with Gasteiger partial charge in [-0.2, -0.15) is 0 Å². The monoisotopic (exact) mass is 1680 g/mol. The third kappa shape index (κ3) is 26.6. The molecule has 2 aromatic rings. The van der Waals surface area contributed by atoms with Gasteiger partial charge in [-0.25, -0.2) is 4.79 Å². The summed E-state index contributed by atoms with van der Waals surface area (Å²) in [7, 11) is 0. The van der Waals surface area contributed by atoms with Gasteiger partial charge in [0, 0.05) is 0 Å². The Labute approximate surface area is 673 Å². The molecule has 0 spiro atoms. The van der Waals surface area contributed by atoms with E-state index in [9.17, 15) is 120 Å². The number of carbonyl (C=O) groups is 13. The van der Waals surface area contributed by atoms with Crippen molar-refractivity contribution in [3.8, 4) is 0 Å². The van der Waals surface area contributed by atoms with Gasteiger partial charge < -0.3 is 138 Å². The highest BCUT2D eigenvalue weighted by Crippen LogP contribution is 2.36. The predicted molar refractivity (Wildman–Crippen MR) is 392 cm³/mol. The Morgan fingerprint density at radius 3 is 0.573 bits per heavy atom. The molecule has 0 aromatic heterocycles. The molecule has 2 atom stereocenters. The van der Waals surface area contributed by atoms with Crippen molar-refractivity contribution in [2.75, 3.05) is 185 Å². The van der Waals surface area contributed by atoms with Gasteiger partial charge >= 0.3 is 77.6 Å². The van der Waals surface area contributed by atoms with Crippen LogP contribution in [0.4, 0.5) is 0 Å². The molecule has 117 heavy (non-hydrogen) atoms. The maximum Gasteiger partial charge on any atom is 0.338 e. The zero-order valence-corrected chi connectivity index (χ0v) is 67.7. The van der Waals surface area contributed by atoms with Crippen LogP contribution >= 0.6 is 0 Å². The molecule has 0 saturated heterocycles. The molecular weight excluding hydrogens is 1570 g/mol. The molecular formula is C76H114O41. The Morgan fingerprint density at radius 2 is 0.368 bits per heavy atom. The Bertz CT molecular complexity index is 3350. The second kappa shape index (κ2) is 44.3. The van der Waals surface area contributed by atoms with Crippen LogP contribution in [0, 0.1) is 70.4 Å². The molecule has 0 heterocycles. The summed E-state index contributed by atoms with van der Waals surface area (Å²) in [6.07, 6.45) is 0. The average Bonchev–Trinajstić information content (AvgIpc) is 0.809. The Balaban J connectivity index is 3.38. The predicted octanol–water partition coefficient (Wildman–Crippen LogP) is -4.54. The van der Waals surface area contributed by atoms with Crippen LogP contribution in [0.2, 0.25) is 0 Å². The second-order valence-corrected chi connectivity index (χ2v) is 32.6. The van der Waals surface area contributed by atoms with Crippen molar-refractivity contribution < 1.29 is 201 Å². The van der Waals surface area contributed by atoms with E-state index in [1.165, 1.54) is 12.1 Å². The van der Waals surface area contributed by atoms with E-state index in [1.54, 1.807) is 30.3 Å². The third-order valence-corrected chi connectivity index (χ3v) is 19.9. The Morgan fingerprint density at radius 1 is 0.205 bits per heavy atom. The lowest BCUT2D eigenvalue weighted by atomic mass is 9.88. The minimum Gasteiger partial charge on any atom is -0.464 e. The summed E-state index contributed by atoms with van der Waals surface area (Å²) < 4.78 is 72.5. The van der Waals surface area contributed by atoms with Crippen LogP contribution in [0.25, 0.3) is 10.8 Å². The average molecular weight is 1680 g/mol. The molecule has 0 bridgehead atoms. The zero-order chi connectivity index (χ0) is 89.7. The molecule has 0 radical (unpaired) electrons. The molecule has 0 saturated carbocycles. The Kier molecular flexibility index (Phi) is 39.5. The van der Waals surface area contributed by atoms with Gasteiger partial charge in [-0.05, 0) is 99.9 Å². The molecule has 2 aromatic carbocycles. The first-order valence-electron chi connectivity index (χ1n) is 36.3. The van der Waals surface area contributed by atoms with E-state index in [0.29, 0.717) is 10.8 Å². The van der Waals surface area contributed by atoms with E-state index in [4.69, 9.17) is 61.6 Å². The molecule has 0 fully saturated rings. The smallest absolute Gasteiger partial charge is 0.338 e. The standard InChI is InChI=1S/C76H114O41/c1-64(20-77,21-78)52(93)106-36-72(9,37-107-53(94)65(2,22-79)23-80)60(101)114-44-76(45-115-61(102)73(10,38-108-54(95)66(3,24-81)25-82)39-109-55(96)67(4,26-83)27-84,46-116-62(103)74(11,40-110-56(97)68(5,28-85)29-86)41-111-57(98)69(6,30-87)31-88)47-117-63(104)75(12,42-112-58(99)70(7,32-89)33-90)43-113-59(100)71(8,34-91)35-105-51(92)50-19-15-17-48-16-13-14-18-49(48)50/h13-19,77-91H,20-47H2,1-12H3. The highest BCUT2D eigenvalue weighted by molar-refractivity contribution is 6.04. The fourth-order valence-corrected chi connectivity index (χ4v) is 8.78. The van der Waals surface area contributed by atoms with Gasteiger partial charge in [0.1, 0.15) is 156 Å². The first kappa shape index (κ1) is 104. The number of ether oxygens (including phenoxy) is 13. The zero-order valence-electron chi connectivity index (χ0n) is 67.7. The molecule has 0 aliphatic carbocycles. The lowest BCUT2D eigenvalue weighted by Gasteiger charge is -2.37. The van der Waals surface area contributed by atoms with Crippen molar-refractivity contribution in [1.82, 2.24) is 0 Å². The molecule has 41 nitrogen and oxygen atoms in total. The van der Waals surface area contributed by atoms with E-state index < -0.39 is 333 Å². The van der Waals surface area contributed by atoms with Crippen molar-refractivity contribution in [2.45, 2.75) is 83.1 Å². The SMILES string of the molecule is CC(CO)(CO)C(=O)OCC(C)(COC(=O)C(C)(CO)CO)C(=O)OCC(COC(=O)C(C)(COC(=O)C(C)(CO)CO)COC(=O)C(C)(CO)CO)(COC(=O)C(C)(COC(=O)C(C)(CO)CO)COC(=O)C(C)(CO)CO)COC(=O)C(C)(COC(=O)C(C)(CO)CO)COC(=O)C(C)(CO)COC(=O)c1cccc2ccccc12. The molecule has 0 aliphatic rings. The van der Waals surface area contributed by atoms with Gasteiger partial charge in [-0.3, -0.25) is 57.5 Å². The van der Waals surface area contributed by atoms with Crippen LogP contribution in [0.3, 0.4) is 0 Å². The van der Waals surface area contributed by atoms with Crippen molar-refractivity contribution >= 4 is 88.4 Å². The first-order valence-corrected chi connectivity index (χ1v) is 36.3. The molecule has 15 N–H and O–H groups in total. The number of fused-ring (bicyclic) bond motifs is 1. The van der Waals surface area contributed by atoms with E-state index in [1.807, 2.05) is 0 Å². The fourth-order valence-electron chi connectivity index (χ4n) is 8.78. The van der Waals surface area contributed by atoms with Gasteiger partial charge in [0.2, 0.25) is 0 Å². The van der Waals surface area contributed by atoms with Crippen LogP contribution in [-0.4, -0.2) is 339 Å². The minimum atomic E-state index is -2.92. The third-order valence-electron chi connectivity index (χ3n) is 19.9. The van der Waals surface area contributed by atoms with Gasteiger partial charge in [-0.1, -0.05) is 36.4 Å². The number of hydrogen-bond acceptors (Lipinski definition) is 41. The highest BCUT2D eigenvalue weighted by Gasteiger charge is 2.53. The molecule has 2 rings (SSSR count). The van der Waals surface area contributed by atoms with Gasteiger partial charge in [0.25, 0.3) is 0 Å². The summed E-state index contributed by atoms with van der Waals surface area (Å²) in [4.78, 5) is 184. The summed E-state index contributed by atoms with van der Waals surface area (Å²) in [5.41, 5.74) is -30.6. The normalized spacial score (nSPS) is 13.8. The lowest BCUT2D eigenvalue weighted by Crippen LogP contribution is -2.51. The van der Waals surface area contributed by atoms with Crippen LogP contribution in [0.5, 0.6) is 0 Å². The van der Waals surface area contributed by atoms with Crippen molar-refractivity contribution in [3.05, 3.63) is 48.0 Å². The quantitative estimate of drug-likeness (QED) is 0.0219. The van der Waals surface area contributed by atoms with E-state index >= 15 is 19.2 Å². The first-order chi connectivity index (χ1) is 54.4. The summed E-state index contributed by atoms with van der Waals surface area (Å²) >= 11 is 0. The highest BCUT2D eigenvalue weighted by atomic mass is 16.6. The molecule has 0 amide bonds. The summed E-state index contributed by atoms with van der Waals surface area (Å²) in [5.74, 6) is -19.2.